The van der Waals surface area contributed by atoms with Crippen molar-refractivity contribution in [3.8, 4) is 0 Å². The minimum Gasteiger partial charge on any atom is -0.278 e. The molecule has 0 spiro atoms. The maximum Gasteiger partial charge on any atom is 0.233 e. The van der Waals surface area contributed by atoms with Crippen molar-refractivity contribution < 1.29 is 9.59 Å². The minimum atomic E-state index is -0.0359. The fourth-order valence-corrected chi connectivity index (χ4v) is 2.97. The Morgan fingerprint density at radius 1 is 1.18 bits per heavy atom. The van der Waals surface area contributed by atoms with Gasteiger partial charge in [-0.25, -0.2) is 0 Å². The van der Waals surface area contributed by atoms with Crippen LogP contribution in [0, 0.1) is 17.8 Å². The SMILES string of the molecule is CC1CC2C(=O)N(Cc3ccccc3)C(=O)C12. The monoisotopic (exact) mass is 229 g/mol. The van der Waals surface area contributed by atoms with Gasteiger partial charge in [0.15, 0.2) is 0 Å². The Morgan fingerprint density at radius 3 is 2.47 bits per heavy atom. The number of benzene rings is 1. The van der Waals surface area contributed by atoms with Crippen LogP contribution in [0.15, 0.2) is 30.3 Å². The fraction of sp³-hybridized carbons (Fsp3) is 0.429. The van der Waals surface area contributed by atoms with Crippen molar-refractivity contribution in [1.82, 2.24) is 4.90 Å². The summed E-state index contributed by atoms with van der Waals surface area (Å²) >= 11 is 0. The predicted molar refractivity (Wildman–Crippen MR) is 62.8 cm³/mol. The molecule has 0 aromatic heterocycles. The normalized spacial score (nSPS) is 31.4. The van der Waals surface area contributed by atoms with Crippen LogP contribution in [0.25, 0.3) is 0 Å². The molecule has 3 unspecified atom stereocenters. The maximum atomic E-state index is 12.1. The topological polar surface area (TPSA) is 37.4 Å². The number of carbonyl (C=O) groups is 2. The van der Waals surface area contributed by atoms with Crippen molar-refractivity contribution in [2.24, 2.45) is 17.8 Å². The first-order valence-electron chi connectivity index (χ1n) is 6.07. The first kappa shape index (κ1) is 10.5. The molecular weight excluding hydrogens is 214 g/mol. The van der Waals surface area contributed by atoms with E-state index in [1.807, 2.05) is 30.3 Å². The van der Waals surface area contributed by atoms with E-state index in [9.17, 15) is 9.59 Å². The second-order valence-electron chi connectivity index (χ2n) is 5.09. The summed E-state index contributed by atoms with van der Waals surface area (Å²) in [5.74, 6) is 0.370. The zero-order valence-electron chi connectivity index (χ0n) is 9.80. The van der Waals surface area contributed by atoms with Crippen molar-refractivity contribution >= 4 is 11.8 Å². The van der Waals surface area contributed by atoms with Crippen LogP contribution in [0.4, 0.5) is 0 Å². The summed E-state index contributed by atoms with van der Waals surface area (Å²) in [6.45, 7) is 2.48. The van der Waals surface area contributed by atoms with Gasteiger partial charge in [0.25, 0.3) is 0 Å². The van der Waals surface area contributed by atoms with Crippen LogP contribution in [0.5, 0.6) is 0 Å². The Kier molecular flexibility index (Phi) is 2.28. The van der Waals surface area contributed by atoms with Gasteiger partial charge in [-0.2, -0.15) is 0 Å². The molecule has 3 heteroatoms. The molecule has 2 aliphatic rings. The number of hydrogen-bond donors (Lipinski definition) is 0. The molecule has 3 atom stereocenters. The van der Waals surface area contributed by atoms with Crippen LogP contribution >= 0.6 is 0 Å². The molecular formula is C14H15NO2. The van der Waals surface area contributed by atoms with E-state index in [2.05, 4.69) is 6.92 Å². The van der Waals surface area contributed by atoms with Gasteiger partial charge in [0.1, 0.15) is 0 Å². The quantitative estimate of drug-likeness (QED) is 0.725. The lowest BCUT2D eigenvalue weighted by molar-refractivity contribution is -0.140. The van der Waals surface area contributed by atoms with E-state index < -0.39 is 0 Å². The molecule has 1 heterocycles. The summed E-state index contributed by atoms with van der Waals surface area (Å²) in [6.07, 6.45) is 0.876. The summed E-state index contributed by atoms with van der Waals surface area (Å²) < 4.78 is 0. The number of imide groups is 1. The number of nitrogens with zero attached hydrogens (tertiary/aromatic N) is 1. The predicted octanol–water partition coefficient (Wildman–Crippen LogP) is 1.83. The van der Waals surface area contributed by atoms with Crippen molar-refractivity contribution in [3.63, 3.8) is 0 Å². The van der Waals surface area contributed by atoms with Crippen molar-refractivity contribution in [2.75, 3.05) is 0 Å². The Morgan fingerprint density at radius 2 is 1.88 bits per heavy atom. The Bertz CT molecular complexity index is 468. The van der Waals surface area contributed by atoms with Gasteiger partial charge in [0, 0.05) is 0 Å². The lowest BCUT2D eigenvalue weighted by Crippen LogP contribution is -2.36. The smallest absolute Gasteiger partial charge is 0.233 e. The van der Waals surface area contributed by atoms with E-state index >= 15 is 0 Å². The average Bonchev–Trinajstić information content (AvgIpc) is 2.50. The van der Waals surface area contributed by atoms with E-state index in [1.54, 1.807) is 0 Å². The maximum absolute atomic E-state index is 12.1. The van der Waals surface area contributed by atoms with Gasteiger partial charge >= 0.3 is 0 Å². The standard InChI is InChI=1S/C14H15NO2/c1-9-7-11-12(9)14(17)15(13(11)16)8-10-5-3-2-4-6-10/h2-6,9,11-12H,7-8H2,1H3. The summed E-state index contributed by atoms with van der Waals surface area (Å²) in [5, 5.41) is 0. The lowest BCUT2D eigenvalue weighted by atomic mass is 9.67. The van der Waals surface area contributed by atoms with Gasteiger partial charge in [-0.05, 0) is 17.9 Å². The molecule has 0 bridgehead atoms. The highest BCUT2D eigenvalue weighted by atomic mass is 16.2. The van der Waals surface area contributed by atoms with Gasteiger partial charge in [0.2, 0.25) is 11.8 Å². The van der Waals surface area contributed by atoms with Gasteiger partial charge in [-0.15, -0.1) is 0 Å². The molecule has 0 N–H and O–H groups in total. The molecule has 88 valence electrons. The van der Waals surface area contributed by atoms with Crippen molar-refractivity contribution in [2.45, 2.75) is 19.9 Å². The van der Waals surface area contributed by atoms with Crippen molar-refractivity contribution in [3.05, 3.63) is 35.9 Å². The largest absolute Gasteiger partial charge is 0.278 e. The molecule has 1 saturated heterocycles. The van der Waals surface area contributed by atoms with E-state index in [-0.39, 0.29) is 23.7 Å². The highest BCUT2D eigenvalue weighted by Gasteiger charge is 2.56. The third kappa shape index (κ3) is 1.49. The van der Waals surface area contributed by atoms with E-state index in [0.29, 0.717) is 12.5 Å². The second-order valence-corrected chi connectivity index (χ2v) is 5.09. The number of fused-ring (bicyclic) bond motifs is 1. The molecule has 1 aliphatic heterocycles. The van der Waals surface area contributed by atoms with Gasteiger partial charge < -0.3 is 0 Å². The highest BCUT2D eigenvalue weighted by Crippen LogP contribution is 2.47. The number of carbonyl (C=O) groups excluding carboxylic acids is 2. The molecule has 1 saturated carbocycles. The number of amides is 2. The fourth-order valence-electron chi connectivity index (χ4n) is 2.97. The molecule has 3 nitrogen and oxygen atoms in total. The number of rotatable bonds is 2. The minimum absolute atomic E-state index is 0.0267. The molecule has 0 radical (unpaired) electrons. The third-order valence-electron chi connectivity index (χ3n) is 3.99. The first-order valence-corrected chi connectivity index (χ1v) is 6.07. The van der Waals surface area contributed by atoms with Crippen LogP contribution in [-0.4, -0.2) is 16.7 Å². The number of hydrogen-bond acceptors (Lipinski definition) is 2. The van der Waals surface area contributed by atoms with E-state index in [4.69, 9.17) is 0 Å². The molecule has 2 fully saturated rings. The molecule has 2 amide bonds. The van der Waals surface area contributed by atoms with Gasteiger partial charge in [0.05, 0.1) is 18.4 Å². The lowest BCUT2D eigenvalue weighted by Gasteiger charge is -2.33. The van der Waals surface area contributed by atoms with Crippen molar-refractivity contribution in [1.29, 1.82) is 0 Å². The highest BCUT2D eigenvalue weighted by molar-refractivity contribution is 6.06. The summed E-state index contributed by atoms with van der Waals surface area (Å²) in [7, 11) is 0. The molecule has 1 aromatic rings. The number of likely N-dealkylation sites (tertiary alicyclic amines) is 1. The van der Waals surface area contributed by atoms with Crippen LogP contribution in [0.2, 0.25) is 0 Å². The Labute approximate surface area is 100 Å². The van der Waals surface area contributed by atoms with Gasteiger partial charge in [-0.1, -0.05) is 37.3 Å². The third-order valence-corrected chi connectivity index (χ3v) is 3.99. The molecule has 17 heavy (non-hydrogen) atoms. The molecule has 1 aliphatic carbocycles. The summed E-state index contributed by atoms with van der Waals surface area (Å²) in [6, 6.07) is 9.69. The van der Waals surface area contributed by atoms with Gasteiger partial charge in [-0.3, -0.25) is 14.5 Å². The summed E-state index contributed by atoms with van der Waals surface area (Å²) in [5.41, 5.74) is 1.02. The van der Waals surface area contributed by atoms with E-state index in [1.165, 1.54) is 4.90 Å². The Balaban J connectivity index is 1.81. The van der Waals surface area contributed by atoms with Crippen LogP contribution < -0.4 is 0 Å². The molecule has 3 rings (SSSR count). The zero-order valence-corrected chi connectivity index (χ0v) is 9.80. The Hall–Kier alpha value is -1.64. The molecule has 1 aromatic carbocycles. The van der Waals surface area contributed by atoms with E-state index in [0.717, 1.165) is 12.0 Å². The first-order chi connectivity index (χ1) is 8.18. The van der Waals surface area contributed by atoms with Crippen LogP contribution in [0.1, 0.15) is 18.9 Å². The second kappa shape index (κ2) is 3.69. The average molecular weight is 229 g/mol. The zero-order chi connectivity index (χ0) is 12.0. The van der Waals surface area contributed by atoms with Crippen LogP contribution in [-0.2, 0) is 16.1 Å². The summed E-state index contributed by atoms with van der Waals surface area (Å²) in [4.78, 5) is 25.6. The van der Waals surface area contributed by atoms with Crippen LogP contribution in [0.3, 0.4) is 0 Å².